The average Bonchev–Trinajstić information content (AvgIpc) is 2.66. The van der Waals surface area contributed by atoms with E-state index < -0.39 is 12.2 Å². The smallest absolute Gasteiger partial charge is 0.410 e. The van der Waals surface area contributed by atoms with E-state index in [9.17, 15) is 13.2 Å². The van der Waals surface area contributed by atoms with E-state index in [1.165, 1.54) is 6.07 Å². The molecule has 0 bridgehead atoms. The number of fused-ring (bicyclic) bond motifs is 1. The summed E-state index contributed by atoms with van der Waals surface area (Å²) in [5, 5.41) is 3.09. The molecule has 1 aromatic heterocycles. The van der Waals surface area contributed by atoms with Crippen LogP contribution in [0.5, 0.6) is 0 Å². The van der Waals surface area contributed by atoms with Crippen LogP contribution in [0.15, 0.2) is 28.7 Å². The van der Waals surface area contributed by atoms with Crippen molar-refractivity contribution in [3.8, 4) is 0 Å². The fraction of sp³-hybridized carbons (Fsp3) is 0.385. The maximum Gasteiger partial charge on any atom is 0.410 e. The van der Waals surface area contributed by atoms with Crippen LogP contribution in [0.4, 0.5) is 13.2 Å². The number of halogens is 3. The van der Waals surface area contributed by atoms with Crippen molar-refractivity contribution in [3.63, 3.8) is 0 Å². The Morgan fingerprint density at radius 1 is 1.28 bits per heavy atom. The van der Waals surface area contributed by atoms with E-state index in [1.807, 2.05) is 19.1 Å². The van der Waals surface area contributed by atoms with Crippen LogP contribution in [-0.2, 0) is 0 Å². The van der Waals surface area contributed by atoms with Gasteiger partial charge in [0.05, 0.1) is 0 Å². The van der Waals surface area contributed by atoms with Gasteiger partial charge in [0.25, 0.3) is 0 Å². The number of aryl methyl sites for hydroxylation is 1. The van der Waals surface area contributed by atoms with E-state index in [2.05, 4.69) is 5.32 Å². The molecule has 1 heterocycles. The molecular formula is C13H14F3NO. The maximum absolute atomic E-state index is 12.9. The van der Waals surface area contributed by atoms with Crippen LogP contribution in [0.2, 0.25) is 0 Å². The number of hydrogen-bond donors (Lipinski definition) is 1. The zero-order valence-electron chi connectivity index (χ0n) is 10.1. The van der Waals surface area contributed by atoms with Crippen LogP contribution < -0.4 is 5.32 Å². The molecule has 0 aliphatic rings. The van der Waals surface area contributed by atoms with Crippen molar-refractivity contribution in [2.75, 3.05) is 6.54 Å². The van der Waals surface area contributed by atoms with Crippen molar-refractivity contribution in [1.82, 2.24) is 5.32 Å². The molecule has 0 aliphatic carbocycles. The van der Waals surface area contributed by atoms with Crippen LogP contribution in [0.3, 0.4) is 0 Å². The highest BCUT2D eigenvalue weighted by molar-refractivity contribution is 5.78. The van der Waals surface area contributed by atoms with Gasteiger partial charge in [0, 0.05) is 5.39 Å². The minimum absolute atomic E-state index is 0.0926. The highest BCUT2D eigenvalue weighted by Crippen LogP contribution is 2.35. The summed E-state index contributed by atoms with van der Waals surface area (Å²) < 4.78 is 43.9. The molecule has 0 saturated carbocycles. The van der Waals surface area contributed by atoms with Crippen molar-refractivity contribution in [1.29, 1.82) is 0 Å². The lowest BCUT2D eigenvalue weighted by molar-refractivity contribution is -0.161. The number of rotatable bonds is 3. The molecule has 2 rings (SSSR count). The minimum atomic E-state index is -4.36. The minimum Gasteiger partial charge on any atom is -0.459 e. The van der Waals surface area contributed by atoms with Gasteiger partial charge in [-0.1, -0.05) is 18.6 Å². The molecule has 0 fully saturated rings. The molecular weight excluding hydrogens is 243 g/mol. The normalized spacial score (nSPS) is 14.1. The highest BCUT2D eigenvalue weighted by atomic mass is 19.4. The van der Waals surface area contributed by atoms with Crippen molar-refractivity contribution < 1.29 is 17.6 Å². The third-order valence-electron chi connectivity index (χ3n) is 2.71. The topological polar surface area (TPSA) is 25.2 Å². The van der Waals surface area contributed by atoms with Gasteiger partial charge in [-0.15, -0.1) is 0 Å². The molecule has 1 unspecified atom stereocenters. The van der Waals surface area contributed by atoms with E-state index in [0.717, 1.165) is 5.56 Å². The third kappa shape index (κ3) is 2.51. The Balaban J connectivity index is 2.44. The van der Waals surface area contributed by atoms with Crippen LogP contribution >= 0.6 is 0 Å². The summed E-state index contributed by atoms with van der Waals surface area (Å²) in [6, 6.07) is 5.00. The fourth-order valence-electron chi connectivity index (χ4n) is 1.91. The second-order valence-corrected chi connectivity index (χ2v) is 4.22. The molecule has 2 aromatic rings. The molecule has 1 aromatic carbocycles. The third-order valence-corrected chi connectivity index (χ3v) is 2.71. The molecule has 98 valence electrons. The van der Waals surface area contributed by atoms with Crippen molar-refractivity contribution in [2.45, 2.75) is 26.1 Å². The molecule has 1 atom stereocenters. The number of hydrogen-bond acceptors (Lipinski definition) is 2. The van der Waals surface area contributed by atoms with Crippen molar-refractivity contribution >= 4 is 11.0 Å². The summed E-state index contributed by atoms with van der Waals surface area (Å²) in [6.45, 7) is 3.74. The van der Waals surface area contributed by atoms with E-state index in [-0.39, 0.29) is 12.3 Å². The van der Waals surface area contributed by atoms with Gasteiger partial charge in [-0.05, 0) is 31.7 Å². The Bertz CT molecular complexity index is 545. The summed E-state index contributed by atoms with van der Waals surface area (Å²) in [5.74, 6) is -0.0926. The summed E-state index contributed by atoms with van der Waals surface area (Å²) in [5.41, 5.74) is 1.46. The highest BCUT2D eigenvalue weighted by Gasteiger charge is 2.42. The summed E-state index contributed by atoms with van der Waals surface area (Å²) in [6.07, 6.45) is -4.36. The Morgan fingerprint density at radius 3 is 2.61 bits per heavy atom. The lowest BCUT2D eigenvalue weighted by atomic mass is 10.1. The quantitative estimate of drug-likeness (QED) is 0.900. The van der Waals surface area contributed by atoms with E-state index >= 15 is 0 Å². The first-order valence-corrected chi connectivity index (χ1v) is 5.72. The number of alkyl halides is 3. The van der Waals surface area contributed by atoms with Crippen LogP contribution in [0.1, 0.15) is 24.3 Å². The Kier molecular flexibility index (Phi) is 3.34. The molecule has 0 amide bonds. The predicted molar refractivity (Wildman–Crippen MR) is 63.4 cm³/mol. The summed E-state index contributed by atoms with van der Waals surface area (Å²) in [4.78, 5) is 0. The second kappa shape index (κ2) is 4.65. The van der Waals surface area contributed by atoms with E-state index in [4.69, 9.17) is 4.42 Å². The predicted octanol–water partition coefficient (Wildman–Crippen LogP) is 3.95. The first-order chi connectivity index (χ1) is 8.41. The van der Waals surface area contributed by atoms with Gasteiger partial charge < -0.3 is 9.73 Å². The first kappa shape index (κ1) is 13.0. The second-order valence-electron chi connectivity index (χ2n) is 4.22. The van der Waals surface area contributed by atoms with Gasteiger partial charge >= 0.3 is 6.18 Å². The fourth-order valence-corrected chi connectivity index (χ4v) is 1.91. The Hall–Kier alpha value is -1.49. The van der Waals surface area contributed by atoms with Crippen molar-refractivity contribution in [3.05, 3.63) is 35.6 Å². The van der Waals surface area contributed by atoms with Gasteiger partial charge in [0.2, 0.25) is 0 Å². The van der Waals surface area contributed by atoms with E-state index in [1.54, 1.807) is 13.0 Å². The molecule has 2 nitrogen and oxygen atoms in total. The summed E-state index contributed by atoms with van der Waals surface area (Å²) in [7, 11) is 0. The Labute approximate surface area is 103 Å². The lowest BCUT2D eigenvalue weighted by Gasteiger charge is -2.18. The standard InChI is InChI=1S/C13H14F3NO/c1-3-17-12(13(14,15)16)11-7-9-6-8(2)4-5-10(9)18-11/h4-7,12,17H,3H2,1-2H3. The average molecular weight is 257 g/mol. The zero-order valence-corrected chi connectivity index (χ0v) is 10.1. The number of furan rings is 1. The molecule has 18 heavy (non-hydrogen) atoms. The van der Waals surface area contributed by atoms with Crippen molar-refractivity contribution in [2.24, 2.45) is 0 Å². The zero-order chi connectivity index (χ0) is 13.3. The lowest BCUT2D eigenvalue weighted by Crippen LogP contribution is -2.33. The molecule has 1 N–H and O–H groups in total. The first-order valence-electron chi connectivity index (χ1n) is 5.72. The monoisotopic (exact) mass is 257 g/mol. The van der Waals surface area contributed by atoms with Crippen LogP contribution in [0, 0.1) is 6.92 Å². The Morgan fingerprint density at radius 2 is 2.00 bits per heavy atom. The van der Waals surface area contributed by atoms with Gasteiger partial charge in [0.15, 0.2) is 6.04 Å². The molecule has 0 saturated heterocycles. The number of benzene rings is 1. The van der Waals surface area contributed by atoms with Gasteiger partial charge in [-0.25, -0.2) is 0 Å². The van der Waals surface area contributed by atoms with E-state index in [0.29, 0.717) is 11.0 Å². The van der Waals surface area contributed by atoms with Gasteiger partial charge in [-0.3, -0.25) is 0 Å². The molecule has 0 radical (unpaired) electrons. The van der Waals surface area contributed by atoms with Gasteiger partial charge in [-0.2, -0.15) is 13.2 Å². The largest absolute Gasteiger partial charge is 0.459 e. The molecule has 0 spiro atoms. The van der Waals surface area contributed by atoms with Crippen LogP contribution in [-0.4, -0.2) is 12.7 Å². The summed E-state index contributed by atoms with van der Waals surface area (Å²) >= 11 is 0. The SMILES string of the molecule is CCNC(c1cc2cc(C)ccc2o1)C(F)(F)F. The maximum atomic E-state index is 12.9. The number of nitrogens with one attached hydrogen (secondary N) is 1. The van der Waals surface area contributed by atoms with Gasteiger partial charge in [0.1, 0.15) is 11.3 Å². The molecule has 5 heteroatoms. The molecule has 0 aliphatic heterocycles. The van der Waals surface area contributed by atoms with Crippen LogP contribution in [0.25, 0.3) is 11.0 Å².